The average molecular weight is 1740 g/mol. The van der Waals surface area contributed by atoms with E-state index in [2.05, 4.69) is 39.9 Å². The summed E-state index contributed by atoms with van der Waals surface area (Å²) in [5.41, 5.74) is 12.2. The highest BCUT2D eigenvalue weighted by Gasteiger charge is 2.51. The van der Waals surface area contributed by atoms with Crippen molar-refractivity contribution < 1.29 is 98.2 Å². The van der Waals surface area contributed by atoms with E-state index < -0.39 is 197 Å². The van der Waals surface area contributed by atoms with E-state index in [1.165, 1.54) is 54.0 Å². The number of aromatic amines is 4. The predicted molar refractivity (Wildman–Crippen MR) is 402 cm³/mol. The minimum Gasteiger partial charge on any atom is -0.383 e. The van der Waals surface area contributed by atoms with Crippen molar-refractivity contribution in [2.24, 2.45) is 11.8 Å². The monoisotopic (exact) mass is 1740 g/mol. The van der Waals surface area contributed by atoms with Gasteiger partial charge in [-0.1, -0.05) is 13.8 Å². The summed E-state index contributed by atoms with van der Waals surface area (Å²) in [5.74, 6) is -1.57. The van der Waals surface area contributed by atoms with Crippen molar-refractivity contribution in [3.8, 4) is 0 Å². The lowest BCUT2D eigenvalue weighted by Gasteiger charge is -2.28. The second kappa shape index (κ2) is 33.6. The molecule has 0 spiro atoms. The Morgan fingerprint density at radius 1 is 0.518 bits per heavy atom. The number of nitrogens with one attached hydrogen (secondary N) is 4. The summed E-state index contributed by atoms with van der Waals surface area (Å²) in [4.78, 5) is 189. The number of carbonyl (C=O) groups is 1. The Hall–Kier alpha value is -5.21. The lowest BCUT2D eigenvalue weighted by molar-refractivity contribution is -0.120. The van der Waals surface area contributed by atoms with Crippen LogP contribution in [-0.2, 0) is 139 Å². The van der Waals surface area contributed by atoms with Gasteiger partial charge >= 0.3 is 50.7 Å². The number of H-pyrrole nitrogens is 4. The van der Waals surface area contributed by atoms with Crippen LogP contribution < -0.4 is 61.4 Å². The van der Waals surface area contributed by atoms with E-state index in [-0.39, 0.29) is 102 Å². The van der Waals surface area contributed by atoms with Crippen LogP contribution in [0, 0.1) is 25.7 Å². The molecule has 6 aliphatic rings. The number of aryl methyl sites for hydroxylation is 2. The second-order valence-corrected chi connectivity index (χ2v) is 40.7. The first-order valence-corrected chi connectivity index (χ1v) is 46.5. The highest BCUT2D eigenvalue weighted by atomic mass is 32.5. The number of rotatable bonds is 31. The predicted octanol–water partition coefficient (Wildman–Crippen LogP) is 0.183. The van der Waals surface area contributed by atoms with Gasteiger partial charge < -0.3 is 111 Å². The SMILES string of the molecule is Cc1cn([C@H]2C[C@@H](OP(O)(=S)OC[C@H]3O[C@@H](n4cnc5c(=O)[nH]c(N)nc54)C[C@H]3OP(O)(=S)OC[C@H]3O[C@@H](n4cc(C)c(=O)[nH]c4=O)C[C@H]3OP(O)(=S)OC[C@H]3O[C@@H](n4ccc(N)nc4=O)C[C@H]3C(C)C)[C@@H](COP(O)(=S)O[C@@H]3C[C@H](N4C(=O)Cc5c4nc(N)[nH]c5=O)O[C@@H]3COP(O)(=S)OC(C)C)O2)c(=O)[nH]c1=O. The zero-order valence-corrected chi connectivity index (χ0v) is 67.2. The van der Waals surface area contributed by atoms with Crippen molar-refractivity contribution >= 4 is 133 Å². The molecule has 15 N–H and O–H groups in total. The summed E-state index contributed by atoms with van der Waals surface area (Å²) in [7, 11) is 0. The van der Waals surface area contributed by atoms with Crippen molar-refractivity contribution in [2.75, 3.05) is 55.1 Å². The number of aromatic nitrogens is 12. The minimum absolute atomic E-state index is 0.0125. The van der Waals surface area contributed by atoms with Gasteiger partial charge in [0.2, 0.25) is 17.8 Å². The molecule has 12 heterocycles. The molecule has 1 amide bonds. The first-order valence-electron chi connectivity index (χ1n) is 33.5. The molecule has 12 rings (SSSR count). The molecule has 110 heavy (non-hydrogen) atoms. The van der Waals surface area contributed by atoms with Gasteiger partial charge in [-0.05, 0) is 111 Å². The number of nitrogens with zero attached hydrogens (tertiary/aromatic N) is 9. The van der Waals surface area contributed by atoms with Crippen molar-refractivity contribution in [3.63, 3.8) is 0 Å². The molecule has 5 unspecified atom stereocenters. The molecular weight excluding hydrogens is 1660 g/mol. The molecule has 0 bridgehead atoms. The fourth-order valence-corrected chi connectivity index (χ4v) is 20.7. The van der Waals surface area contributed by atoms with Gasteiger partial charge in [-0.25, -0.2) is 19.4 Å². The summed E-state index contributed by atoms with van der Waals surface area (Å²) >= 11 is 27.5. The van der Waals surface area contributed by atoms with E-state index in [0.717, 1.165) is 14.0 Å². The summed E-state index contributed by atoms with van der Waals surface area (Å²) in [5, 5.41) is 0. The summed E-state index contributed by atoms with van der Waals surface area (Å²) in [6, 6.07) is 1.44. The van der Waals surface area contributed by atoms with Gasteiger partial charge in [0.25, 0.3) is 22.2 Å². The molecule has 54 heteroatoms. The molecule has 604 valence electrons. The van der Waals surface area contributed by atoms with Crippen LogP contribution in [0.4, 0.5) is 23.5 Å². The number of amides is 1. The lowest BCUT2D eigenvalue weighted by atomic mass is 9.89. The van der Waals surface area contributed by atoms with E-state index >= 15 is 0 Å². The second-order valence-electron chi connectivity index (χ2n) is 26.8. The average Bonchev–Trinajstić information content (AvgIpc) is 1.62. The Labute approximate surface area is 645 Å². The largest absolute Gasteiger partial charge is 0.383 e. The maximum absolute atomic E-state index is 13.5. The van der Waals surface area contributed by atoms with Crippen LogP contribution >= 0.6 is 33.6 Å². The van der Waals surface area contributed by atoms with Crippen molar-refractivity contribution in [2.45, 2.75) is 172 Å². The van der Waals surface area contributed by atoms with E-state index in [4.69, 9.17) is 145 Å². The first kappa shape index (κ1) is 84.2. The number of anilines is 4. The molecule has 44 nitrogen and oxygen atoms in total. The zero-order valence-electron chi connectivity index (χ0n) is 58.6. The first-order chi connectivity index (χ1) is 51.6. The fraction of sp³-hybridized carbons (Fsp3) is 0.607. The smallest absolute Gasteiger partial charge is 0.351 e. The molecule has 0 radical (unpaired) electrons. The molecular formula is C56H77N16O28P5S5. The van der Waals surface area contributed by atoms with E-state index in [1.807, 2.05) is 13.8 Å². The van der Waals surface area contributed by atoms with Crippen LogP contribution in [0.25, 0.3) is 11.2 Å². The number of hydrogen-bond donors (Lipinski definition) is 12. The number of fused-ring (bicyclic) bond motifs is 2. The van der Waals surface area contributed by atoms with Gasteiger partial charge in [0.1, 0.15) is 61.4 Å². The fourth-order valence-electron chi connectivity index (χ4n) is 13.2. The van der Waals surface area contributed by atoms with Gasteiger partial charge in [-0.3, -0.25) is 67.1 Å². The molecule has 0 saturated carbocycles. The number of nitrogens with two attached hydrogens (primary N) is 3. The Bertz CT molecular complexity index is 5200. The molecule has 6 aromatic rings. The lowest BCUT2D eigenvalue weighted by Crippen LogP contribution is -2.38. The quantitative estimate of drug-likeness (QED) is 0.0258. The van der Waals surface area contributed by atoms with E-state index in [1.54, 1.807) is 13.8 Å². The van der Waals surface area contributed by atoms with Crippen molar-refractivity contribution in [1.29, 1.82) is 0 Å². The Morgan fingerprint density at radius 3 is 1.39 bits per heavy atom. The minimum atomic E-state index is -4.67. The zero-order chi connectivity index (χ0) is 79.6. The third kappa shape index (κ3) is 19.8. The molecule has 20 atom stereocenters. The molecule has 5 fully saturated rings. The maximum atomic E-state index is 13.5. The number of ether oxygens (including phenoxy) is 5. The van der Waals surface area contributed by atoms with E-state index in [9.17, 15) is 62.8 Å². The van der Waals surface area contributed by atoms with Crippen LogP contribution in [0.1, 0.15) is 101 Å². The van der Waals surface area contributed by atoms with Crippen LogP contribution in [-0.4, -0.2) is 189 Å². The molecule has 5 saturated heterocycles. The van der Waals surface area contributed by atoms with Gasteiger partial charge in [0.15, 0.2) is 17.0 Å². The van der Waals surface area contributed by atoms with Crippen molar-refractivity contribution in [1.82, 2.24) is 58.1 Å². The number of carbonyl (C=O) groups excluding carboxylic acids is 1. The third-order valence-corrected chi connectivity index (χ3v) is 26.3. The van der Waals surface area contributed by atoms with Crippen LogP contribution in [0.2, 0.25) is 0 Å². The molecule has 6 aromatic heterocycles. The van der Waals surface area contributed by atoms with Crippen LogP contribution in [0.3, 0.4) is 0 Å². The Balaban J connectivity index is 0.758. The van der Waals surface area contributed by atoms with Gasteiger partial charge in [-0.15, -0.1) is 0 Å². The van der Waals surface area contributed by atoms with E-state index in [0.29, 0.717) is 6.42 Å². The summed E-state index contributed by atoms with van der Waals surface area (Å²) < 4.78 is 95.4. The highest BCUT2D eigenvalue weighted by molar-refractivity contribution is 8.08. The number of hydrogen-bond acceptors (Lipinski definition) is 35. The topological polar surface area (TPSA) is 592 Å². The van der Waals surface area contributed by atoms with Gasteiger partial charge in [0.05, 0.1) is 88.0 Å². The number of imidazole rings is 1. The van der Waals surface area contributed by atoms with Gasteiger partial charge in [-0.2, -0.15) is 15.0 Å². The van der Waals surface area contributed by atoms with Crippen LogP contribution in [0.5, 0.6) is 0 Å². The Morgan fingerprint density at radius 2 is 0.927 bits per heavy atom. The van der Waals surface area contributed by atoms with Crippen LogP contribution in [0.15, 0.2) is 64.5 Å². The molecule has 0 aromatic carbocycles. The maximum Gasteiger partial charge on any atom is 0.351 e. The normalized spacial score (nSPS) is 29.1. The summed E-state index contributed by atoms with van der Waals surface area (Å²) in [6.07, 6.45) is -14.3. The third-order valence-electron chi connectivity index (χ3n) is 18.2. The molecule has 0 aliphatic carbocycles. The highest BCUT2D eigenvalue weighted by Crippen LogP contribution is 2.56. The Kier molecular flexibility index (Phi) is 25.7. The summed E-state index contributed by atoms with van der Waals surface area (Å²) in [6.45, 7) is -15.3. The number of nitrogen functional groups attached to an aromatic ring is 3. The van der Waals surface area contributed by atoms with Gasteiger partial charge in [0, 0.05) is 55.4 Å². The molecule has 6 aliphatic heterocycles. The standard InChI is InChI=1S/C56H77N16O28P5S5/c1-23(2)27-10-40(68-8-7-38(57)61-54(68)78)91-33(27)17-86-102(82,107)97-29-11-41(69-15-25(5)48(74)66-55(69)79)92-34(29)18-88-104(84,109)99-31-13-43(71-22-60-45-47(71)63-53(59)65-51(45)77)94-36(31)20-90-103(83,108)98-30-12-42(70-16-26(6)49(75)67-56(70)80)93-35(30)19-89-105(85,110)100-32-14-44(95-37(32)21-87-101(81,106)96-24(3)4)72-39(73)9-28-46(72)62-52(58)64-50(28)76/h7-8,15-16,22-24,27,29-37,40-44H,9-14,17-21H2,1-6H3,(H,81,106)(H,82,107)(H,83,108)(H,84,109)(H,85,110)(H2,57,61,78)(H,66,74,79)(H,67,75,80)(H3,58,62,64,76)(H3,59,63,65,77)/t27-,29+,30+,31+,32+,33+,34+,35+,36+,37+,40+,41+,42+,43+,44+,101?,102?,103?,104?,105?/m0/s1. The van der Waals surface area contributed by atoms with Crippen molar-refractivity contribution in [3.05, 3.63) is 121 Å².